The van der Waals surface area contributed by atoms with Crippen LogP contribution < -0.4 is 10.1 Å². The molecule has 4 rings (SSSR count). The van der Waals surface area contributed by atoms with E-state index in [1.165, 1.54) is 12.4 Å². The van der Waals surface area contributed by atoms with Crippen molar-refractivity contribution in [3.63, 3.8) is 0 Å². The van der Waals surface area contributed by atoms with Gasteiger partial charge < -0.3 is 24.5 Å². The number of rotatable bonds is 8. The third-order valence-corrected chi connectivity index (χ3v) is 5.30. The number of benzene rings is 1. The summed E-state index contributed by atoms with van der Waals surface area (Å²) in [6.07, 6.45) is 4.29. The third-order valence-electron chi connectivity index (χ3n) is 5.30. The Morgan fingerprint density at radius 3 is 2.87 bits per heavy atom. The Morgan fingerprint density at radius 2 is 2.16 bits per heavy atom. The lowest BCUT2D eigenvalue weighted by Gasteiger charge is -2.15. The molecule has 9 heteroatoms. The molecular formula is C22H25N7O2. The Balaban J connectivity index is 1.42. The lowest BCUT2D eigenvalue weighted by atomic mass is 10.1. The molecule has 0 bridgehead atoms. The van der Waals surface area contributed by atoms with Crippen LogP contribution in [-0.2, 0) is 11.3 Å². The second-order valence-electron chi connectivity index (χ2n) is 7.31. The van der Waals surface area contributed by atoms with E-state index in [1.807, 2.05) is 24.3 Å². The first kappa shape index (κ1) is 20.8. The Hall–Kier alpha value is -3.48. The summed E-state index contributed by atoms with van der Waals surface area (Å²) in [4.78, 5) is 13.8. The van der Waals surface area contributed by atoms with Gasteiger partial charge in [0, 0.05) is 24.7 Å². The van der Waals surface area contributed by atoms with Gasteiger partial charge in [0.05, 0.1) is 31.7 Å². The molecule has 1 fully saturated rings. The number of hydrogen-bond acceptors (Lipinski definition) is 7. The summed E-state index contributed by atoms with van der Waals surface area (Å²) in [6, 6.07) is 7.93. The zero-order chi connectivity index (χ0) is 21.6. The minimum atomic E-state index is 0.248. The number of ether oxygens (including phenoxy) is 2. The fourth-order valence-corrected chi connectivity index (χ4v) is 3.58. The minimum absolute atomic E-state index is 0.248. The van der Waals surface area contributed by atoms with Crippen LogP contribution in [-0.4, -0.2) is 57.9 Å². The van der Waals surface area contributed by atoms with Crippen molar-refractivity contribution in [2.75, 3.05) is 32.1 Å². The molecule has 0 amide bonds. The zero-order valence-corrected chi connectivity index (χ0v) is 17.6. The van der Waals surface area contributed by atoms with Gasteiger partial charge in [-0.2, -0.15) is 5.10 Å². The molecule has 1 aliphatic rings. The Bertz CT molecular complexity index is 1060. The van der Waals surface area contributed by atoms with Crippen molar-refractivity contribution in [1.29, 1.82) is 0 Å². The Morgan fingerprint density at radius 1 is 1.26 bits per heavy atom. The molecule has 31 heavy (non-hydrogen) atoms. The Labute approximate surface area is 181 Å². The first-order chi connectivity index (χ1) is 15.2. The van der Waals surface area contributed by atoms with Crippen molar-refractivity contribution in [2.24, 2.45) is 0 Å². The van der Waals surface area contributed by atoms with E-state index < -0.39 is 0 Å². The highest BCUT2D eigenvalue weighted by Crippen LogP contribution is 2.31. The average Bonchev–Trinajstić information content (AvgIpc) is 3.47. The molecule has 1 aromatic carbocycles. The van der Waals surface area contributed by atoms with Gasteiger partial charge in [-0.05, 0) is 30.7 Å². The number of hydrogen-bond donors (Lipinski definition) is 2. The van der Waals surface area contributed by atoms with Crippen LogP contribution in [0.1, 0.15) is 18.9 Å². The number of methoxy groups -OCH3 is 1. The minimum Gasteiger partial charge on any atom is -0.496 e. The summed E-state index contributed by atoms with van der Waals surface area (Å²) < 4.78 is 11.7. The summed E-state index contributed by atoms with van der Waals surface area (Å²) in [5, 5.41) is 10.4. The summed E-state index contributed by atoms with van der Waals surface area (Å²) in [5.74, 6) is 2.10. The number of H-pyrrole nitrogens is 1. The van der Waals surface area contributed by atoms with Gasteiger partial charge in [0.2, 0.25) is 0 Å². The molecule has 2 N–H and O–H groups in total. The van der Waals surface area contributed by atoms with Gasteiger partial charge in [0.25, 0.3) is 5.82 Å². The maximum absolute atomic E-state index is 6.94. The molecule has 0 spiro atoms. The van der Waals surface area contributed by atoms with Gasteiger partial charge in [-0.25, -0.2) is 4.98 Å². The predicted molar refractivity (Wildman–Crippen MR) is 117 cm³/mol. The van der Waals surface area contributed by atoms with Crippen LogP contribution in [0.25, 0.3) is 16.1 Å². The summed E-state index contributed by atoms with van der Waals surface area (Å²) >= 11 is 0. The molecule has 9 nitrogen and oxygen atoms in total. The summed E-state index contributed by atoms with van der Waals surface area (Å²) in [6.45, 7) is 12.9. The molecule has 0 unspecified atom stereocenters. The Kier molecular flexibility index (Phi) is 6.40. The van der Waals surface area contributed by atoms with Crippen LogP contribution in [0.15, 0.2) is 36.7 Å². The monoisotopic (exact) mass is 419 g/mol. The highest BCUT2D eigenvalue weighted by Gasteiger charge is 2.21. The summed E-state index contributed by atoms with van der Waals surface area (Å²) in [5.41, 5.74) is 2.79. The van der Waals surface area contributed by atoms with Crippen molar-refractivity contribution >= 4 is 17.5 Å². The average molecular weight is 419 g/mol. The van der Waals surface area contributed by atoms with Crippen LogP contribution in [0, 0.1) is 6.57 Å². The number of nitrogens with zero attached hydrogens (tertiary/aromatic N) is 5. The molecule has 1 aliphatic heterocycles. The topological polar surface area (TPSA) is 92.6 Å². The van der Waals surface area contributed by atoms with Gasteiger partial charge in [-0.3, -0.25) is 5.10 Å². The number of aromatic amines is 1. The number of nitrogens with one attached hydrogen (secondary N) is 2. The normalized spacial score (nSPS) is 16.2. The smallest absolute Gasteiger partial charge is 0.288 e. The first-order valence-corrected chi connectivity index (χ1v) is 10.2. The molecule has 3 aromatic rings. The molecule has 1 atom stereocenters. The highest BCUT2D eigenvalue weighted by molar-refractivity contribution is 5.71. The van der Waals surface area contributed by atoms with Crippen LogP contribution in [0.5, 0.6) is 5.75 Å². The summed E-state index contributed by atoms with van der Waals surface area (Å²) in [7, 11) is 1.66. The van der Waals surface area contributed by atoms with E-state index in [0.717, 1.165) is 48.6 Å². The second kappa shape index (κ2) is 9.55. The molecule has 160 valence electrons. The van der Waals surface area contributed by atoms with Crippen molar-refractivity contribution in [2.45, 2.75) is 26.1 Å². The van der Waals surface area contributed by atoms with Crippen LogP contribution in [0.3, 0.4) is 0 Å². The quantitative estimate of drug-likeness (QED) is 0.537. The maximum Gasteiger partial charge on any atom is 0.288 e. The van der Waals surface area contributed by atoms with Crippen molar-refractivity contribution in [3.05, 3.63) is 53.6 Å². The number of likely N-dealkylation sites (tertiary alicyclic amines) is 1. The fraction of sp³-hybridized carbons (Fsp3) is 0.364. The lowest BCUT2D eigenvalue weighted by Crippen LogP contribution is -2.22. The molecule has 3 heterocycles. The van der Waals surface area contributed by atoms with E-state index in [-0.39, 0.29) is 5.82 Å². The maximum atomic E-state index is 6.94. The number of anilines is 2. The van der Waals surface area contributed by atoms with Crippen LogP contribution >= 0.6 is 0 Å². The third kappa shape index (κ3) is 4.99. The molecule has 0 saturated carbocycles. The highest BCUT2D eigenvalue weighted by atomic mass is 16.5. The molecule has 1 saturated heterocycles. The van der Waals surface area contributed by atoms with E-state index >= 15 is 0 Å². The van der Waals surface area contributed by atoms with E-state index in [1.54, 1.807) is 7.11 Å². The van der Waals surface area contributed by atoms with E-state index in [2.05, 4.69) is 42.2 Å². The molecule has 2 aromatic heterocycles. The predicted octanol–water partition coefficient (Wildman–Crippen LogP) is 3.78. The van der Waals surface area contributed by atoms with Crippen LogP contribution in [0.4, 0.5) is 17.5 Å². The lowest BCUT2D eigenvalue weighted by molar-refractivity contribution is 0.0470. The van der Waals surface area contributed by atoms with Crippen molar-refractivity contribution in [3.8, 4) is 17.0 Å². The molecule has 0 aliphatic carbocycles. The van der Waals surface area contributed by atoms with Crippen molar-refractivity contribution < 1.29 is 9.47 Å². The number of likely N-dealkylation sites (N-methyl/N-ethyl adjacent to an activating group) is 1. The van der Waals surface area contributed by atoms with Gasteiger partial charge in [0.1, 0.15) is 5.75 Å². The van der Waals surface area contributed by atoms with Crippen molar-refractivity contribution in [1.82, 2.24) is 25.1 Å². The second-order valence-corrected chi connectivity index (χ2v) is 7.31. The fourth-order valence-electron chi connectivity index (χ4n) is 3.58. The zero-order valence-electron chi connectivity index (χ0n) is 17.6. The SMILES string of the molecule is [C-]#[N+]c1cnc(Nc2cc(-c3ccc(CO[C@H]4CCN(CC)C4)cc3OC)[nH]n2)cn1. The van der Waals surface area contributed by atoms with E-state index in [9.17, 15) is 0 Å². The van der Waals surface area contributed by atoms with Crippen LogP contribution in [0.2, 0.25) is 0 Å². The molecule has 0 radical (unpaired) electrons. The van der Waals surface area contributed by atoms with Gasteiger partial charge in [0.15, 0.2) is 17.8 Å². The standard InChI is InChI=1S/C22H25N7O2/c1-4-29-8-7-16(13-29)31-14-15-5-6-17(19(9-15)30-3)18-10-20(28-27-18)26-22-12-24-21(23-2)11-25-22/h5-6,9-12,16H,4,7-8,13-14H2,1,3H3,(H2,25,26,27,28)/t16-/m0/s1. The van der Waals surface area contributed by atoms with Gasteiger partial charge in [-0.15, -0.1) is 4.98 Å². The van der Waals surface area contributed by atoms with Gasteiger partial charge in [-0.1, -0.05) is 19.6 Å². The van der Waals surface area contributed by atoms with E-state index in [4.69, 9.17) is 16.0 Å². The van der Waals surface area contributed by atoms with Gasteiger partial charge >= 0.3 is 0 Å². The first-order valence-electron chi connectivity index (χ1n) is 10.2. The number of aromatic nitrogens is 4. The van der Waals surface area contributed by atoms with E-state index in [0.29, 0.717) is 24.3 Å². The largest absolute Gasteiger partial charge is 0.496 e. The molecular weight excluding hydrogens is 394 g/mol.